The van der Waals surface area contributed by atoms with Crippen LogP contribution in [0.4, 0.5) is 0 Å². The SMILES string of the molecule is c1ccc([Si](c2ccccc2)(c2ccc(-n3c4ccccc4c4ccncc43)cc2)c2ccc(-n3c4ccccc4c4ccncc43)cc2)cc1. The number of aromatic nitrogens is 4. The number of para-hydroxylation sites is 2. The van der Waals surface area contributed by atoms with E-state index in [0.717, 1.165) is 22.4 Å². The Bertz CT molecular complexity index is 2530. The molecule has 6 aromatic carbocycles. The van der Waals surface area contributed by atoms with E-state index in [9.17, 15) is 0 Å². The Kier molecular flexibility index (Phi) is 6.79. The van der Waals surface area contributed by atoms with E-state index in [4.69, 9.17) is 0 Å². The summed E-state index contributed by atoms with van der Waals surface area (Å²) < 4.78 is 4.68. The van der Waals surface area contributed by atoms with E-state index in [-0.39, 0.29) is 0 Å². The molecule has 0 bridgehead atoms. The van der Waals surface area contributed by atoms with Crippen molar-refractivity contribution in [2.24, 2.45) is 0 Å². The number of pyridine rings is 2. The van der Waals surface area contributed by atoms with Crippen LogP contribution in [0.3, 0.4) is 0 Å². The molecule has 4 aromatic heterocycles. The maximum atomic E-state index is 4.51. The second-order valence-corrected chi connectivity index (χ2v) is 16.9. The first kappa shape index (κ1) is 29.4. The highest BCUT2D eigenvalue weighted by atomic mass is 28.3. The summed E-state index contributed by atoms with van der Waals surface area (Å²) in [7, 11) is -2.77. The van der Waals surface area contributed by atoms with Crippen LogP contribution in [0.1, 0.15) is 0 Å². The first-order chi connectivity index (χ1) is 25.3. The van der Waals surface area contributed by atoms with Gasteiger partial charge in [0.15, 0.2) is 8.07 Å². The molecule has 0 fully saturated rings. The standard InChI is InChI=1S/C46H32N4Si/c1-3-11-35(12-4-1)51(36-13-5-2-6-14-36,37-23-19-33(20-24-37)49-43-17-9-7-15-39(43)41-27-29-47-31-45(41)49)38-25-21-34(22-26-38)50-44-18-10-8-16-40(44)42-28-30-48-32-46(42)50/h1-32H. The number of nitrogens with zero attached hydrogens (tertiary/aromatic N) is 4. The summed E-state index contributed by atoms with van der Waals surface area (Å²) in [6, 6.07) is 62.3. The van der Waals surface area contributed by atoms with Gasteiger partial charge in [-0.25, -0.2) is 0 Å². The summed E-state index contributed by atoms with van der Waals surface area (Å²) >= 11 is 0. The minimum Gasteiger partial charge on any atom is -0.308 e. The average Bonchev–Trinajstić information content (AvgIpc) is 3.73. The zero-order chi connectivity index (χ0) is 33.8. The monoisotopic (exact) mass is 668 g/mol. The highest BCUT2D eigenvalue weighted by molar-refractivity contribution is 7.19. The molecule has 0 radical (unpaired) electrons. The fourth-order valence-electron chi connectivity index (χ4n) is 8.29. The van der Waals surface area contributed by atoms with Gasteiger partial charge in [0.05, 0.1) is 34.5 Å². The van der Waals surface area contributed by atoms with E-state index < -0.39 is 8.07 Å². The van der Waals surface area contributed by atoms with Gasteiger partial charge in [-0.1, -0.05) is 121 Å². The fraction of sp³-hybridized carbons (Fsp3) is 0. The van der Waals surface area contributed by atoms with Crippen molar-refractivity contribution in [3.63, 3.8) is 0 Å². The van der Waals surface area contributed by atoms with Gasteiger partial charge >= 0.3 is 0 Å². The molecule has 0 aliphatic heterocycles. The van der Waals surface area contributed by atoms with Crippen molar-refractivity contribution in [2.75, 3.05) is 0 Å². The molecule has 4 heterocycles. The summed E-state index contributed by atoms with van der Waals surface area (Å²) in [5.74, 6) is 0. The lowest BCUT2D eigenvalue weighted by molar-refractivity contribution is 1.17. The minimum absolute atomic E-state index is 1.11. The zero-order valence-corrected chi connectivity index (χ0v) is 28.8. The smallest absolute Gasteiger partial charge is 0.179 e. The van der Waals surface area contributed by atoms with Gasteiger partial charge in [-0.2, -0.15) is 0 Å². The van der Waals surface area contributed by atoms with E-state index in [0.29, 0.717) is 0 Å². The number of hydrogen-bond acceptors (Lipinski definition) is 2. The molecular weight excluding hydrogens is 637 g/mol. The van der Waals surface area contributed by atoms with Gasteiger partial charge in [-0.3, -0.25) is 9.97 Å². The Morgan fingerprint density at radius 3 is 1.10 bits per heavy atom. The normalized spacial score (nSPS) is 11.9. The quantitative estimate of drug-likeness (QED) is 0.133. The number of benzene rings is 6. The second-order valence-electron chi connectivity index (χ2n) is 13.1. The zero-order valence-electron chi connectivity index (χ0n) is 27.8. The predicted octanol–water partition coefficient (Wildman–Crippen LogP) is 8.05. The molecule has 240 valence electrons. The second kappa shape index (κ2) is 11.8. The van der Waals surface area contributed by atoms with Crippen LogP contribution in [-0.4, -0.2) is 27.2 Å². The molecule has 0 unspecified atom stereocenters. The van der Waals surface area contributed by atoms with Gasteiger partial charge in [-0.05, 0) is 69.3 Å². The number of hydrogen-bond donors (Lipinski definition) is 0. The highest BCUT2D eigenvalue weighted by Crippen LogP contribution is 2.32. The van der Waals surface area contributed by atoms with Crippen molar-refractivity contribution in [2.45, 2.75) is 0 Å². The third-order valence-corrected chi connectivity index (χ3v) is 15.3. The first-order valence-corrected chi connectivity index (χ1v) is 19.3. The van der Waals surface area contributed by atoms with Gasteiger partial charge in [0.25, 0.3) is 0 Å². The maximum absolute atomic E-state index is 4.51. The summed E-state index contributed by atoms with van der Waals surface area (Å²) in [5, 5.41) is 10.2. The lowest BCUT2D eigenvalue weighted by Gasteiger charge is -2.34. The highest BCUT2D eigenvalue weighted by Gasteiger charge is 2.41. The molecule has 0 spiro atoms. The van der Waals surface area contributed by atoms with Crippen molar-refractivity contribution < 1.29 is 0 Å². The Balaban J connectivity index is 1.19. The molecule has 0 saturated heterocycles. The molecule has 0 N–H and O–H groups in total. The summed E-state index contributed by atoms with van der Waals surface area (Å²) in [5.41, 5.74) is 6.82. The van der Waals surface area contributed by atoms with Crippen LogP contribution < -0.4 is 20.7 Å². The predicted molar refractivity (Wildman–Crippen MR) is 214 cm³/mol. The molecular formula is C46H32N4Si. The third-order valence-electron chi connectivity index (χ3n) is 10.5. The minimum atomic E-state index is -2.77. The molecule has 0 aliphatic carbocycles. The number of rotatable bonds is 6. The first-order valence-electron chi connectivity index (χ1n) is 17.3. The van der Waals surface area contributed by atoms with Crippen LogP contribution in [0.25, 0.3) is 55.0 Å². The van der Waals surface area contributed by atoms with Crippen LogP contribution in [0.5, 0.6) is 0 Å². The van der Waals surface area contributed by atoms with Gasteiger partial charge in [0, 0.05) is 45.3 Å². The van der Waals surface area contributed by atoms with E-state index in [1.807, 2.05) is 24.8 Å². The van der Waals surface area contributed by atoms with Gasteiger partial charge in [-0.15, -0.1) is 0 Å². The topological polar surface area (TPSA) is 35.6 Å². The van der Waals surface area contributed by atoms with Crippen LogP contribution in [0.15, 0.2) is 195 Å². The lowest BCUT2D eigenvalue weighted by Crippen LogP contribution is -2.74. The van der Waals surface area contributed by atoms with Crippen LogP contribution in [-0.2, 0) is 0 Å². The van der Waals surface area contributed by atoms with E-state index >= 15 is 0 Å². The maximum Gasteiger partial charge on any atom is 0.179 e. The molecule has 4 nitrogen and oxygen atoms in total. The molecule has 0 aliphatic rings. The Morgan fingerprint density at radius 1 is 0.314 bits per heavy atom. The van der Waals surface area contributed by atoms with Crippen molar-refractivity contribution in [1.82, 2.24) is 19.1 Å². The Morgan fingerprint density at radius 2 is 0.667 bits per heavy atom. The molecule has 0 atom stereocenters. The fourth-order valence-corrected chi connectivity index (χ4v) is 13.0. The van der Waals surface area contributed by atoms with Crippen LogP contribution in [0.2, 0.25) is 0 Å². The van der Waals surface area contributed by atoms with E-state index in [1.165, 1.54) is 53.3 Å². The summed E-state index contributed by atoms with van der Waals surface area (Å²) in [6.45, 7) is 0. The molecule has 10 aromatic rings. The van der Waals surface area contributed by atoms with Gasteiger partial charge < -0.3 is 9.13 Å². The van der Waals surface area contributed by atoms with E-state index in [1.54, 1.807) is 0 Å². The van der Waals surface area contributed by atoms with Crippen molar-refractivity contribution >= 4 is 72.4 Å². The van der Waals surface area contributed by atoms with E-state index in [2.05, 4.69) is 189 Å². The lowest BCUT2D eigenvalue weighted by atomic mass is 10.2. The Labute approximate surface area is 296 Å². The van der Waals surface area contributed by atoms with Crippen molar-refractivity contribution in [3.05, 3.63) is 195 Å². The van der Waals surface area contributed by atoms with Crippen molar-refractivity contribution in [1.29, 1.82) is 0 Å². The largest absolute Gasteiger partial charge is 0.308 e. The molecule has 0 saturated carbocycles. The van der Waals surface area contributed by atoms with Crippen molar-refractivity contribution in [3.8, 4) is 11.4 Å². The molecule has 10 rings (SSSR count). The summed E-state index contributed by atoms with van der Waals surface area (Å²) in [6.07, 6.45) is 7.71. The third kappa shape index (κ3) is 4.45. The number of fused-ring (bicyclic) bond motifs is 6. The summed E-state index contributed by atoms with van der Waals surface area (Å²) in [4.78, 5) is 9.02. The van der Waals surface area contributed by atoms with Gasteiger partial charge in [0.1, 0.15) is 0 Å². The molecule has 5 heteroatoms. The van der Waals surface area contributed by atoms with Gasteiger partial charge in [0.2, 0.25) is 0 Å². The molecule has 0 amide bonds. The van der Waals surface area contributed by atoms with Crippen LogP contribution in [0, 0.1) is 0 Å². The molecule has 51 heavy (non-hydrogen) atoms. The van der Waals surface area contributed by atoms with Crippen LogP contribution >= 0.6 is 0 Å². The Hall–Kier alpha value is -6.56. The average molecular weight is 669 g/mol.